The third-order valence-electron chi connectivity index (χ3n) is 2.33. The van der Waals surface area contributed by atoms with Gasteiger partial charge in [-0.3, -0.25) is 10.2 Å². The van der Waals surface area contributed by atoms with Crippen molar-refractivity contribution < 1.29 is 9.53 Å². The molecule has 0 radical (unpaired) electrons. The number of thiophene rings is 1. The Balaban J connectivity index is 2.45. The van der Waals surface area contributed by atoms with E-state index in [1.54, 1.807) is 0 Å². The topological polar surface area (TPSA) is 64.3 Å². The van der Waals surface area contributed by atoms with E-state index in [0.717, 1.165) is 23.3 Å². The molecule has 0 spiro atoms. The second-order valence-corrected chi connectivity index (χ2v) is 4.91. The number of allylic oxidation sites excluding steroid dienone is 1. The van der Waals surface area contributed by atoms with E-state index in [-0.39, 0.29) is 5.91 Å². The maximum atomic E-state index is 11.3. The lowest BCUT2D eigenvalue weighted by Crippen LogP contribution is -2.29. The maximum Gasteiger partial charge on any atom is 0.275 e. The summed E-state index contributed by atoms with van der Waals surface area (Å²) < 4.78 is 5.53. The van der Waals surface area contributed by atoms with E-state index in [1.165, 1.54) is 11.3 Å². The average molecular weight is 254 g/mol. The van der Waals surface area contributed by atoms with E-state index < -0.39 is 0 Å². The first-order valence-electron chi connectivity index (χ1n) is 5.48. The molecule has 0 aliphatic heterocycles. The Labute approximate surface area is 105 Å². The fourth-order valence-corrected chi connectivity index (χ4v) is 2.29. The molecule has 0 saturated carbocycles. The van der Waals surface area contributed by atoms with Crippen molar-refractivity contribution >= 4 is 17.2 Å². The lowest BCUT2D eigenvalue weighted by atomic mass is 10.2. The smallest absolute Gasteiger partial charge is 0.275 e. The summed E-state index contributed by atoms with van der Waals surface area (Å²) in [7, 11) is 0. The van der Waals surface area contributed by atoms with Gasteiger partial charge in [0.2, 0.25) is 0 Å². The number of aryl methyl sites for hydroxylation is 1. The number of carbonyl (C=O) groups excluding carboxylic acids is 1. The van der Waals surface area contributed by atoms with Gasteiger partial charge in [-0.15, -0.1) is 17.9 Å². The van der Waals surface area contributed by atoms with Gasteiger partial charge in [-0.2, -0.15) is 0 Å². The van der Waals surface area contributed by atoms with Crippen molar-refractivity contribution in [2.75, 3.05) is 6.61 Å². The van der Waals surface area contributed by atoms with Gasteiger partial charge in [0.1, 0.15) is 0 Å². The largest absolute Gasteiger partial charge is 0.377 e. The van der Waals surface area contributed by atoms with Gasteiger partial charge < -0.3 is 4.74 Å². The fraction of sp³-hybridized carbons (Fsp3) is 0.417. The van der Waals surface area contributed by atoms with Crippen molar-refractivity contribution in [3.05, 3.63) is 34.0 Å². The lowest BCUT2D eigenvalue weighted by Gasteiger charge is -2.02. The molecule has 94 valence electrons. The average Bonchev–Trinajstić information content (AvgIpc) is 2.70. The number of nitrogen functional groups attached to an aromatic ring is 1. The molecule has 3 N–H and O–H groups in total. The molecule has 0 aliphatic rings. The lowest BCUT2D eigenvalue weighted by molar-refractivity contribution is 0.0957. The second kappa shape index (κ2) is 7.21. The number of amides is 1. The Morgan fingerprint density at radius 1 is 1.71 bits per heavy atom. The summed E-state index contributed by atoms with van der Waals surface area (Å²) in [4.78, 5) is 13.0. The van der Waals surface area contributed by atoms with Crippen LogP contribution in [-0.2, 0) is 11.3 Å². The third kappa shape index (κ3) is 4.30. The second-order valence-electron chi connectivity index (χ2n) is 3.65. The molecule has 0 atom stereocenters. The van der Waals surface area contributed by atoms with Crippen molar-refractivity contribution in [2.24, 2.45) is 5.84 Å². The van der Waals surface area contributed by atoms with Crippen molar-refractivity contribution in [2.45, 2.75) is 26.4 Å². The van der Waals surface area contributed by atoms with Crippen LogP contribution in [0.4, 0.5) is 0 Å². The third-order valence-corrected chi connectivity index (χ3v) is 3.42. The van der Waals surface area contributed by atoms with Gasteiger partial charge in [0.25, 0.3) is 5.91 Å². The van der Waals surface area contributed by atoms with E-state index in [1.807, 2.05) is 19.1 Å². The van der Waals surface area contributed by atoms with Crippen molar-refractivity contribution in [1.29, 1.82) is 0 Å². The predicted molar refractivity (Wildman–Crippen MR) is 69.8 cm³/mol. The summed E-state index contributed by atoms with van der Waals surface area (Å²) in [5.74, 6) is 4.83. The Morgan fingerprint density at radius 3 is 3.12 bits per heavy atom. The minimum atomic E-state index is -0.254. The molecule has 17 heavy (non-hydrogen) atoms. The van der Waals surface area contributed by atoms with Crippen LogP contribution in [0.2, 0.25) is 0 Å². The zero-order chi connectivity index (χ0) is 12.7. The van der Waals surface area contributed by atoms with Crippen molar-refractivity contribution in [1.82, 2.24) is 5.43 Å². The van der Waals surface area contributed by atoms with Crippen molar-refractivity contribution in [3.8, 4) is 0 Å². The molecule has 1 heterocycles. The Morgan fingerprint density at radius 2 is 2.47 bits per heavy atom. The molecule has 1 amide bonds. The molecule has 1 rings (SSSR count). The first-order valence-corrected chi connectivity index (χ1v) is 6.29. The molecule has 5 heteroatoms. The van der Waals surface area contributed by atoms with Crippen molar-refractivity contribution in [3.63, 3.8) is 0 Å². The zero-order valence-corrected chi connectivity index (χ0v) is 10.8. The number of nitrogens with two attached hydrogens (primary N) is 1. The number of hydrazine groups is 1. The first-order chi connectivity index (χ1) is 8.19. The predicted octanol–water partition coefficient (Wildman–Crippen LogP) is 2.14. The van der Waals surface area contributed by atoms with E-state index in [2.05, 4.69) is 12.0 Å². The molecule has 0 aromatic carbocycles. The Kier molecular flexibility index (Phi) is 5.90. The molecule has 0 aliphatic carbocycles. The molecule has 0 saturated heterocycles. The van der Waals surface area contributed by atoms with Crippen LogP contribution in [0.5, 0.6) is 0 Å². The molecular weight excluding hydrogens is 236 g/mol. The number of nitrogens with one attached hydrogen (secondary N) is 1. The highest BCUT2D eigenvalue weighted by molar-refractivity contribution is 7.14. The monoisotopic (exact) mass is 254 g/mol. The molecule has 1 aromatic rings. The van der Waals surface area contributed by atoms with Gasteiger partial charge in [-0.25, -0.2) is 5.84 Å². The van der Waals surface area contributed by atoms with Gasteiger partial charge in [-0.1, -0.05) is 6.08 Å². The summed E-state index contributed by atoms with van der Waals surface area (Å²) in [6.07, 6.45) is 3.81. The molecular formula is C12H18N2O2S. The summed E-state index contributed by atoms with van der Waals surface area (Å²) in [6.45, 7) is 6.87. The molecule has 0 bridgehead atoms. The number of ether oxygens (including phenoxy) is 1. The Bertz CT molecular complexity index is 388. The number of rotatable bonds is 7. The van der Waals surface area contributed by atoms with Crippen LogP contribution in [0.1, 0.15) is 33.0 Å². The highest BCUT2D eigenvalue weighted by Crippen LogP contribution is 2.22. The van der Waals surface area contributed by atoms with Gasteiger partial charge in [0.15, 0.2) is 0 Å². The summed E-state index contributed by atoms with van der Waals surface area (Å²) in [5.41, 5.74) is 3.17. The van der Waals surface area contributed by atoms with Crippen LogP contribution < -0.4 is 11.3 Å². The SMILES string of the molecule is C=CCCCOCc1cc(C(=O)NN)sc1C. The zero-order valence-electron chi connectivity index (χ0n) is 9.99. The van der Waals surface area contributed by atoms with Gasteiger partial charge in [-0.05, 0) is 31.4 Å². The van der Waals surface area contributed by atoms with E-state index >= 15 is 0 Å². The fourth-order valence-electron chi connectivity index (χ4n) is 1.36. The molecule has 4 nitrogen and oxygen atoms in total. The number of carbonyl (C=O) groups is 1. The quantitative estimate of drug-likeness (QED) is 0.258. The first kappa shape index (κ1) is 13.9. The normalized spacial score (nSPS) is 10.2. The van der Waals surface area contributed by atoms with Crippen LogP contribution in [0, 0.1) is 6.92 Å². The van der Waals surface area contributed by atoms with Gasteiger partial charge >= 0.3 is 0 Å². The highest BCUT2D eigenvalue weighted by atomic mass is 32.1. The maximum absolute atomic E-state index is 11.3. The van der Waals surface area contributed by atoms with E-state index in [0.29, 0.717) is 18.1 Å². The van der Waals surface area contributed by atoms with Crippen LogP contribution >= 0.6 is 11.3 Å². The van der Waals surface area contributed by atoms with Crippen LogP contribution in [0.15, 0.2) is 18.7 Å². The number of hydrogen-bond acceptors (Lipinski definition) is 4. The molecule has 1 aromatic heterocycles. The van der Waals surface area contributed by atoms with E-state index in [9.17, 15) is 4.79 Å². The summed E-state index contributed by atoms with van der Waals surface area (Å²) in [5, 5.41) is 0. The van der Waals surface area contributed by atoms with Crippen LogP contribution in [0.3, 0.4) is 0 Å². The van der Waals surface area contributed by atoms with Crippen LogP contribution in [0.25, 0.3) is 0 Å². The van der Waals surface area contributed by atoms with Crippen LogP contribution in [-0.4, -0.2) is 12.5 Å². The minimum Gasteiger partial charge on any atom is -0.377 e. The van der Waals surface area contributed by atoms with Gasteiger partial charge in [0, 0.05) is 11.5 Å². The highest BCUT2D eigenvalue weighted by Gasteiger charge is 2.11. The van der Waals surface area contributed by atoms with Gasteiger partial charge in [0.05, 0.1) is 11.5 Å². The number of hydrogen-bond donors (Lipinski definition) is 2. The summed E-state index contributed by atoms with van der Waals surface area (Å²) in [6, 6.07) is 1.83. The summed E-state index contributed by atoms with van der Waals surface area (Å²) >= 11 is 1.43. The standard InChI is InChI=1S/C12H18N2O2S/c1-3-4-5-6-16-8-10-7-11(12(15)14-13)17-9(10)2/h3,7H,1,4-6,8,13H2,2H3,(H,14,15). The Hall–Kier alpha value is -1.17. The van der Waals surface area contributed by atoms with E-state index in [4.69, 9.17) is 10.6 Å². The molecule has 0 fully saturated rings. The minimum absolute atomic E-state index is 0.254. The molecule has 0 unspecified atom stereocenters. The number of unbranched alkanes of at least 4 members (excludes halogenated alkanes) is 1.